The molecule has 0 rings (SSSR count). The minimum absolute atomic E-state index is 0.326. The Hall–Kier alpha value is -0.872. The quantitative estimate of drug-likeness (QED) is 0.0520. The first kappa shape index (κ1) is 39.1. The Balaban J connectivity index is 4.09. The second-order valence-corrected chi connectivity index (χ2v) is 30.7. The zero-order chi connectivity index (χ0) is 31.0. The Morgan fingerprint density at radius 2 is 0.800 bits per heavy atom. The fraction of sp³-hybridized carbons (Fsp3) is 0.786. The van der Waals surface area contributed by atoms with E-state index in [1.807, 2.05) is 0 Å². The Morgan fingerprint density at radius 1 is 0.500 bits per heavy atom. The van der Waals surface area contributed by atoms with Crippen LogP contribution in [0.15, 0.2) is 24.3 Å². The molecule has 0 atom stereocenters. The summed E-state index contributed by atoms with van der Waals surface area (Å²) >= 11 is 0. The van der Waals surface area contributed by atoms with Gasteiger partial charge in [0.25, 0.3) is 0 Å². The van der Waals surface area contributed by atoms with E-state index in [0.29, 0.717) is 50.8 Å². The van der Waals surface area contributed by atoms with E-state index in [0.717, 1.165) is 37.0 Å². The molecule has 0 bridgehead atoms. The minimum Gasteiger partial charge on any atom is -0.462 e. The van der Waals surface area contributed by atoms with Crippen LogP contribution in [0.2, 0.25) is 76.6 Å². The molecule has 12 heteroatoms. The summed E-state index contributed by atoms with van der Waals surface area (Å²) in [7, 11) is -7.37. The SMILES string of the molecule is C=C(C)C(=O)OCCC[Si](C)(C)O[Si](C)(C)CCOCCOCC[Si](C)(C)O[Si](C)(C)CCCOC(=O)C(=C)C. The minimum atomic E-state index is -1.85. The topological polar surface area (TPSA) is 89.5 Å². The summed E-state index contributed by atoms with van der Waals surface area (Å²) in [6.45, 7) is 31.8. The molecule has 8 nitrogen and oxygen atoms in total. The fourth-order valence-corrected chi connectivity index (χ4v) is 21.1. The average Bonchev–Trinajstić information content (AvgIpc) is 2.79. The van der Waals surface area contributed by atoms with Gasteiger partial charge in [0.05, 0.1) is 26.4 Å². The zero-order valence-corrected chi connectivity index (χ0v) is 31.2. The molecule has 0 heterocycles. The second kappa shape index (κ2) is 18.6. The van der Waals surface area contributed by atoms with Crippen molar-refractivity contribution in [2.24, 2.45) is 0 Å². The lowest BCUT2D eigenvalue weighted by molar-refractivity contribution is -0.139. The normalized spacial score (nSPS) is 12.8. The van der Waals surface area contributed by atoms with Crippen LogP contribution in [0, 0.1) is 0 Å². The highest BCUT2D eigenvalue weighted by atomic mass is 28.4. The molecule has 0 aromatic carbocycles. The molecule has 0 aliphatic heterocycles. The van der Waals surface area contributed by atoms with E-state index in [-0.39, 0.29) is 11.9 Å². The first-order chi connectivity index (χ1) is 18.3. The van der Waals surface area contributed by atoms with Crippen LogP contribution in [0.1, 0.15) is 26.7 Å². The van der Waals surface area contributed by atoms with Gasteiger partial charge < -0.3 is 27.2 Å². The van der Waals surface area contributed by atoms with Crippen LogP contribution in [0.3, 0.4) is 0 Å². The number of esters is 2. The van der Waals surface area contributed by atoms with E-state index < -0.39 is 33.3 Å². The van der Waals surface area contributed by atoms with Crippen LogP contribution in [0.5, 0.6) is 0 Å². The van der Waals surface area contributed by atoms with Crippen LogP contribution >= 0.6 is 0 Å². The molecule has 40 heavy (non-hydrogen) atoms. The maximum Gasteiger partial charge on any atom is 0.333 e. The maximum absolute atomic E-state index is 11.5. The number of rotatable bonds is 23. The van der Waals surface area contributed by atoms with E-state index in [1.54, 1.807) is 13.8 Å². The molecule has 0 aliphatic rings. The van der Waals surface area contributed by atoms with Gasteiger partial charge in [-0.2, -0.15) is 0 Å². The molecule has 0 aliphatic carbocycles. The molecule has 234 valence electrons. The summed E-state index contributed by atoms with van der Waals surface area (Å²) in [6.07, 6.45) is 1.63. The summed E-state index contributed by atoms with van der Waals surface area (Å²) < 4.78 is 35.4. The number of hydrogen-bond donors (Lipinski definition) is 0. The van der Waals surface area contributed by atoms with Crippen LogP contribution in [0.4, 0.5) is 0 Å². The van der Waals surface area contributed by atoms with Gasteiger partial charge in [-0.25, -0.2) is 9.59 Å². The lowest BCUT2D eigenvalue weighted by atomic mass is 10.4. The third kappa shape index (κ3) is 20.9. The molecule has 0 spiro atoms. The van der Waals surface area contributed by atoms with Gasteiger partial charge >= 0.3 is 11.9 Å². The van der Waals surface area contributed by atoms with Crippen molar-refractivity contribution >= 4 is 45.2 Å². The van der Waals surface area contributed by atoms with Gasteiger partial charge in [0, 0.05) is 24.4 Å². The van der Waals surface area contributed by atoms with Crippen molar-refractivity contribution in [2.75, 3.05) is 39.6 Å². The summed E-state index contributed by atoms with van der Waals surface area (Å²) in [4.78, 5) is 23.0. The fourth-order valence-electron chi connectivity index (χ4n) is 4.23. The van der Waals surface area contributed by atoms with Crippen molar-refractivity contribution in [3.63, 3.8) is 0 Å². The van der Waals surface area contributed by atoms with Crippen molar-refractivity contribution in [3.05, 3.63) is 24.3 Å². The Morgan fingerprint density at radius 3 is 1.10 bits per heavy atom. The monoisotopic (exact) mass is 634 g/mol. The standard InChI is InChI=1S/C28H58O8Si4/c1-25(2)27(29)33-15-13-21-37(5,6)35-39(9,10)23-19-31-17-18-32-20-24-40(11,12)36-38(7,8)22-14-16-34-28(30)26(3)4/h1,3,13-24H2,2,4-12H3. The van der Waals surface area contributed by atoms with E-state index in [4.69, 9.17) is 27.2 Å². The van der Waals surface area contributed by atoms with Gasteiger partial charge in [0.1, 0.15) is 0 Å². The third-order valence-electron chi connectivity index (χ3n) is 6.18. The van der Waals surface area contributed by atoms with Crippen LogP contribution in [-0.2, 0) is 36.8 Å². The van der Waals surface area contributed by atoms with Crippen LogP contribution in [0.25, 0.3) is 0 Å². The maximum atomic E-state index is 11.5. The first-order valence-electron chi connectivity index (χ1n) is 14.5. The van der Waals surface area contributed by atoms with Gasteiger partial charge in [-0.1, -0.05) is 13.2 Å². The molecule has 0 aromatic rings. The van der Waals surface area contributed by atoms with Gasteiger partial charge in [0.2, 0.25) is 0 Å². The molecule has 0 saturated carbocycles. The number of ether oxygens (including phenoxy) is 4. The molecule has 0 aromatic heterocycles. The molecular formula is C28H58O8Si4. The van der Waals surface area contributed by atoms with Gasteiger partial charge in [-0.05, 0) is 103 Å². The molecule has 0 amide bonds. The smallest absolute Gasteiger partial charge is 0.333 e. The van der Waals surface area contributed by atoms with E-state index in [9.17, 15) is 9.59 Å². The van der Waals surface area contributed by atoms with Crippen molar-refractivity contribution in [1.82, 2.24) is 0 Å². The lowest BCUT2D eigenvalue weighted by Gasteiger charge is -2.34. The Kier molecular flexibility index (Phi) is 18.2. The summed E-state index contributed by atoms with van der Waals surface area (Å²) in [5.74, 6) is -0.651. The van der Waals surface area contributed by atoms with Crippen LogP contribution < -0.4 is 0 Å². The van der Waals surface area contributed by atoms with E-state index >= 15 is 0 Å². The van der Waals surface area contributed by atoms with Crippen LogP contribution in [-0.4, -0.2) is 84.8 Å². The highest BCUT2D eigenvalue weighted by molar-refractivity contribution is 6.85. The van der Waals surface area contributed by atoms with Crippen molar-refractivity contribution in [2.45, 2.75) is 103 Å². The van der Waals surface area contributed by atoms with Gasteiger partial charge in [0.15, 0.2) is 33.3 Å². The predicted molar refractivity (Wildman–Crippen MR) is 174 cm³/mol. The molecule has 0 radical (unpaired) electrons. The Bertz CT molecular complexity index is 746. The Labute approximate surface area is 248 Å². The molecular weight excluding hydrogens is 577 g/mol. The zero-order valence-electron chi connectivity index (χ0n) is 27.2. The average molecular weight is 635 g/mol. The lowest BCUT2D eigenvalue weighted by Crippen LogP contribution is -2.45. The predicted octanol–water partition coefficient (Wildman–Crippen LogP) is 6.89. The third-order valence-corrected chi connectivity index (χ3v) is 21.0. The van der Waals surface area contributed by atoms with E-state index in [2.05, 4.69) is 65.5 Å². The molecule has 0 N–H and O–H groups in total. The molecule has 0 saturated heterocycles. The van der Waals surface area contributed by atoms with Crippen molar-refractivity contribution in [1.29, 1.82) is 0 Å². The van der Waals surface area contributed by atoms with E-state index in [1.165, 1.54) is 0 Å². The molecule has 0 fully saturated rings. The number of hydrogen-bond acceptors (Lipinski definition) is 8. The van der Waals surface area contributed by atoms with Crippen molar-refractivity contribution < 1.29 is 36.8 Å². The highest BCUT2D eigenvalue weighted by Gasteiger charge is 2.33. The first-order valence-corrected chi connectivity index (χ1v) is 26.9. The van der Waals surface area contributed by atoms with Gasteiger partial charge in [-0.3, -0.25) is 0 Å². The highest BCUT2D eigenvalue weighted by Crippen LogP contribution is 2.24. The number of carbonyl (C=O) groups is 2. The largest absolute Gasteiger partial charge is 0.462 e. The number of carbonyl (C=O) groups excluding carboxylic acids is 2. The van der Waals surface area contributed by atoms with Crippen molar-refractivity contribution in [3.8, 4) is 0 Å². The second-order valence-electron chi connectivity index (χ2n) is 13.0. The summed E-state index contributed by atoms with van der Waals surface area (Å²) in [5.41, 5.74) is 0.863. The summed E-state index contributed by atoms with van der Waals surface area (Å²) in [6, 6.07) is 3.78. The summed E-state index contributed by atoms with van der Waals surface area (Å²) in [5, 5.41) is 0. The van der Waals surface area contributed by atoms with Gasteiger partial charge in [-0.15, -0.1) is 0 Å². The molecule has 0 unspecified atom stereocenters.